The quantitative estimate of drug-likeness (QED) is 0.714. The fraction of sp³-hybridized carbons (Fsp3) is 0.0625. The van der Waals surface area contributed by atoms with Crippen molar-refractivity contribution < 1.29 is 14.6 Å². The van der Waals surface area contributed by atoms with Crippen LogP contribution in [0.4, 0.5) is 0 Å². The predicted octanol–water partition coefficient (Wildman–Crippen LogP) is 4.94. The summed E-state index contributed by atoms with van der Waals surface area (Å²) in [6.45, 7) is 0.238. The Balaban J connectivity index is 1.95. The van der Waals surface area contributed by atoms with E-state index < -0.39 is 5.97 Å². The summed E-state index contributed by atoms with van der Waals surface area (Å²) in [7, 11) is 0. The lowest BCUT2D eigenvalue weighted by molar-refractivity contribution is 0.0699. The molecule has 0 saturated carbocycles. The maximum Gasteiger partial charge on any atom is 0.346 e. The Morgan fingerprint density at radius 2 is 2.00 bits per heavy atom. The minimum Gasteiger partial charge on any atom is -0.489 e. The van der Waals surface area contributed by atoms with Crippen LogP contribution in [0.25, 0.3) is 10.1 Å². The minimum absolute atomic E-state index is 0.238. The van der Waals surface area contributed by atoms with Crippen molar-refractivity contribution in [2.45, 2.75) is 6.61 Å². The fourth-order valence-electron chi connectivity index (χ4n) is 2.13. The number of benzene rings is 2. The van der Waals surface area contributed by atoms with Crippen molar-refractivity contribution in [1.29, 1.82) is 0 Å². The molecule has 0 aliphatic rings. The largest absolute Gasteiger partial charge is 0.489 e. The van der Waals surface area contributed by atoms with Crippen LogP contribution in [-0.2, 0) is 6.61 Å². The molecule has 0 atom stereocenters. The monoisotopic (exact) mass is 362 g/mol. The Hall–Kier alpha value is -1.85. The number of carbonyl (C=O) groups is 1. The van der Waals surface area contributed by atoms with Crippen LogP contribution in [0.3, 0.4) is 0 Å². The van der Waals surface area contributed by atoms with E-state index >= 15 is 0 Å². The molecule has 0 amide bonds. The predicted molar refractivity (Wildman–Crippen MR) is 87.3 cm³/mol. The van der Waals surface area contributed by atoms with Gasteiger partial charge in [0.15, 0.2) is 0 Å². The molecule has 0 spiro atoms. The lowest BCUT2D eigenvalue weighted by Crippen LogP contribution is -2.02. The first-order valence-corrected chi connectivity index (χ1v) is 7.88. The molecule has 1 heterocycles. The molecule has 1 aromatic heterocycles. The Bertz CT molecular complexity index is 810. The molecule has 0 saturated heterocycles. The molecule has 0 unspecified atom stereocenters. The van der Waals surface area contributed by atoms with Crippen molar-refractivity contribution in [2.75, 3.05) is 0 Å². The summed E-state index contributed by atoms with van der Waals surface area (Å²) in [6.07, 6.45) is 0. The highest BCUT2D eigenvalue weighted by molar-refractivity contribution is 9.10. The molecule has 3 rings (SSSR count). The first kappa shape index (κ1) is 14.1. The summed E-state index contributed by atoms with van der Waals surface area (Å²) >= 11 is 4.67. The highest BCUT2D eigenvalue weighted by Crippen LogP contribution is 2.32. The Morgan fingerprint density at radius 1 is 1.19 bits per heavy atom. The van der Waals surface area contributed by atoms with Crippen molar-refractivity contribution in [3.8, 4) is 5.75 Å². The summed E-state index contributed by atoms with van der Waals surface area (Å²) in [6, 6.07) is 15.2. The third-order valence-corrected chi connectivity index (χ3v) is 4.77. The van der Waals surface area contributed by atoms with E-state index in [1.165, 1.54) is 11.3 Å². The number of rotatable bonds is 4. The highest BCUT2D eigenvalue weighted by Gasteiger charge is 2.17. The van der Waals surface area contributed by atoms with Crippen molar-refractivity contribution in [1.82, 2.24) is 0 Å². The van der Waals surface area contributed by atoms with Crippen LogP contribution in [-0.4, -0.2) is 11.1 Å². The SMILES string of the molecule is O=C(O)c1sc2ccccc2c1COc1cccc(Br)c1. The van der Waals surface area contributed by atoms with Gasteiger partial charge in [-0.2, -0.15) is 0 Å². The molecular weight excluding hydrogens is 352 g/mol. The molecule has 0 fully saturated rings. The van der Waals surface area contributed by atoms with Gasteiger partial charge in [0.05, 0.1) is 0 Å². The lowest BCUT2D eigenvalue weighted by atomic mass is 10.1. The molecule has 0 aliphatic carbocycles. The summed E-state index contributed by atoms with van der Waals surface area (Å²) in [5.74, 6) is -0.208. The summed E-state index contributed by atoms with van der Waals surface area (Å²) in [4.78, 5) is 11.7. The number of halogens is 1. The van der Waals surface area contributed by atoms with Crippen LogP contribution in [0, 0.1) is 0 Å². The normalized spacial score (nSPS) is 10.7. The third kappa shape index (κ3) is 2.94. The Kier molecular flexibility index (Phi) is 3.94. The van der Waals surface area contributed by atoms with Crippen LogP contribution in [0.2, 0.25) is 0 Å². The molecule has 3 aromatic rings. The number of carboxylic acids is 1. The van der Waals surface area contributed by atoms with Gasteiger partial charge in [0.2, 0.25) is 0 Å². The van der Waals surface area contributed by atoms with E-state index in [-0.39, 0.29) is 6.61 Å². The van der Waals surface area contributed by atoms with E-state index in [4.69, 9.17) is 4.74 Å². The molecule has 5 heteroatoms. The second kappa shape index (κ2) is 5.87. The van der Waals surface area contributed by atoms with Crippen molar-refractivity contribution >= 4 is 43.3 Å². The molecule has 0 radical (unpaired) electrons. The van der Waals surface area contributed by atoms with Crippen LogP contribution in [0.15, 0.2) is 53.0 Å². The van der Waals surface area contributed by atoms with Gasteiger partial charge in [0, 0.05) is 14.7 Å². The first-order chi connectivity index (χ1) is 10.1. The zero-order valence-electron chi connectivity index (χ0n) is 10.9. The molecule has 1 N–H and O–H groups in total. The molecule has 21 heavy (non-hydrogen) atoms. The fourth-order valence-corrected chi connectivity index (χ4v) is 3.55. The number of carboxylic acid groups (broad SMARTS) is 1. The van der Waals surface area contributed by atoms with E-state index in [0.717, 1.165) is 20.1 Å². The average molecular weight is 363 g/mol. The van der Waals surface area contributed by atoms with Gasteiger partial charge in [0.1, 0.15) is 17.2 Å². The Morgan fingerprint density at radius 3 is 2.76 bits per heavy atom. The second-order valence-electron chi connectivity index (χ2n) is 4.46. The van der Waals surface area contributed by atoms with Gasteiger partial charge in [-0.3, -0.25) is 0 Å². The van der Waals surface area contributed by atoms with Crippen LogP contribution >= 0.6 is 27.3 Å². The number of aromatic carboxylic acids is 1. The summed E-state index contributed by atoms with van der Waals surface area (Å²) in [5.41, 5.74) is 0.725. The lowest BCUT2D eigenvalue weighted by Gasteiger charge is -2.07. The smallest absolute Gasteiger partial charge is 0.346 e. The van der Waals surface area contributed by atoms with Gasteiger partial charge in [0.25, 0.3) is 0 Å². The van der Waals surface area contributed by atoms with Gasteiger partial charge in [-0.15, -0.1) is 11.3 Å². The number of fused-ring (bicyclic) bond motifs is 1. The molecular formula is C16H11BrO3S. The topological polar surface area (TPSA) is 46.5 Å². The van der Waals surface area contributed by atoms with Crippen LogP contribution < -0.4 is 4.74 Å². The second-order valence-corrected chi connectivity index (χ2v) is 6.42. The molecule has 0 aliphatic heterocycles. The number of ether oxygens (including phenoxy) is 1. The van der Waals surface area contributed by atoms with Gasteiger partial charge >= 0.3 is 5.97 Å². The van der Waals surface area contributed by atoms with Gasteiger partial charge in [-0.05, 0) is 29.7 Å². The van der Waals surface area contributed by atoms with E-state index in [1.54, 1.807) is 0 Å². The number of thiophene rings is 1. The van der Waals surface area contributed by atoms with E-state index in [2.05, 4.69) is 15.9 Å². The molecule has 0 bridgehead atoms. The Labute approximate surface area is 133 Å². The first-order valence-electron chi connectivity index (χ1n) is 6.27. The van der Waals surface area contributed by atoms with Crippen LogP contribution in [0.1, 0.15) is 15.2 Å². The van der Waals surface area contributed by atoms with Gasteiger partial charge in [-0.25, -0.2) is 4.79 Å². The molecule has 106 valence electrons. The molecule has 3 nitrogen and oxygen atoms in total. The van der Waals surface area contributed by atoms with Crippen LogP contribution in [0.5, 0.6) is 5.75 Å². The van der Waals surface area contributed by atoms with Crippen molar-refractivity contribution in [3.05, 3.63) is 63.4 Å². The maximum atomic E-state index is 11.4. The van der Waals surface area contributed by atoms with E-state index in [9.17, 15) is 9.90 Å². The third-order valence-electron chi connectivity index (χ3n) is 3.07. The average Bonchev–Trinajstić information content (AvgIpc) is 2.84. The van der Waals surface area contributed by atoms with E-state index in [1.807, 2.05) is 48.5 Å². The van der Waals surface area contributed by atoms with E-state index in [0.29, 0.717) is 10.6 Å². The zero-order valence-corrected chi connectivity index (χ0v) is 13.3. The number of hydrogen-bond acceptors (Lipinski definition) is 3. The molecule has 2 aromatic carbocycles. The van der Waals surface area contributed by atoms with Gasteiger partial charge < -0.3 is 9.84 Å². The highest BCUT2D eigenvalue weighted by atomic mass is 79.9. The summed E-state index contributed by atoms with van der Waals surface area (Å²) in [5, 5.41) is 10.3. The summed E-state index contributed by atoms with van der Waals surface area (Å²) < 4.78 is 7.63. The number of hydrogen-bond donors (Lipinski definition) is 1. The van der Waals surface area contributed by atoms with Gasteiger partial charge in [-0.1, -0.05) is 40.2 Å². The maximum absolute atomic E-state index is 11.4. The standard InChI is InChI=1S/C16H11BrO3S/c17-10-4-3-5-11(8-10)20-9-13-12-6-1-2-7-14(12)21-15(13)16(18)19/h1-8H,9H2,(H,18,19). The minimum atomic E-state index is -0.913. The van der Waals surface area contributed by atoms with Crippen molar-refractivity contribution in [3.63, 3.8) is 0 Å². The zero-order chi connectivity index (χ0) is 14.8. The van der Waals surface area contributed by atoms with Crippen molar-refractivity contribution in [2.24, 2.45) is 0 Å².